The minimum absolute atomic E-state index is 0.0485. The summed E-state index contributed by atoms with van der Waals surface area (Å²) in [7, 11) is 1.74. The Hall–Kier alpha value is -3.03. The van der Waals surface area contributed by atoms with Gasteiger partial charge in [0.15, 0.2) is 5.69 Å². The van der Waals surface area contributed by atoms with E-state index in [0.717, 1.165) is 5.69 Å². The molecule has 1 N–H and O–H groups in total. The van der Waals surface area contributed by atoms with Crippen molar-refractivity contribution in [2.24, 2.45) is 7.05 Å². The first-order valence-electron chi connectivity index (χ1n) is 6.44. The first kappa shape index (κ1) is 13.9. The third kappa shape index (κ3) is 2.71. The first-order valence-corrected chi connectivity index (χ1v) is 6.44. The van der Waals surface area contributed by atoms with Crippen LogP contribution < -0.4 is 5.32 Å². The smallest absolute Gasteiger partial charge is 0.322 e. The Morgan fingerprint density at radius 2 is 2.00 bits per heavy atom. The number of nitrogens with zero attached hydrogens (tertiary/aromatic N) is 4. The predicted molar refractivity (Wildman–Crippen MR) is 75.6 cm³/mol. The monoisotopic (exact) mass is 301 g/mol. The summed E-state index contributed by atoms with van der Waals surface area (Å²) in [6, 6.07) is 7.19. The van der Waals surface area contributed by atoms with Gasteiger partial charge in [-0.25, -0.2) is 4.39 Å². The average molecular weight is 301 g/mol. The summed E-state index contributed by atoms with van der Waals surface area (Å²) in [6.07, 6.45) is 0. The molecule has 0 saturated heterocycles. The SMILES string of the molecule is Cc1cc(C(=O)Nc2nnc(-c3ccc(F)cc3)o2)nn1C. The average Bonchev–Trinajstić information content (AvgIpc) is 3.08. The maximum absolute atomic E-state index is 12.9. The summed E-state index contributed by atoms with van der Waals surface area (Å²) in [4.78, 5) is 12.0. The quantitative estimate of drug-likeness (QED) is 0.801. The van der Waals surface area contributed by atoms with E-state index in [1.54, 1.807) is 17.8 Å². The number of benzene rings is 1. The van der Waals surface area contributed by atoms with Crippen molar-refractivity contribution < 1.29 is 13.6 Å². The molecule has 112 valence electrons. The predicted octanol–water partition coefficient (Wildman–Crippen LogP) is 2.17. The summed E-state index contributed by atoms with van der Waals surface area (Å²) in [5.41, 5.74) is 1.66. The summed E-state index contributed by atoms with van der Waals surface area (Å²) in [5, 5.41) is 14.1. The van der Waals surface area contributed by atoms with Gasteiger partial charge in [0.25, 0.3) is 5.91 Å². The van der Waals surface area contributed by atoms with Crippen molar-refractivity contribution in [2.45, 2.75) is 6.92 Å². The Bertz CT molecular complexity index is 803. The molecule has 7 nitrogen and oxygen atoms in total. The molecule has 0 saturated carbocycles. The van der Waals surface area contributed by atoms with Crippen LogP contribution in [0.1, 0.15) is 16.2 Å². The second-order valence-corrected chi connectivity index (χ2v) is 4.67. The Kier molecular flexibility index (Phi) is 3.42. The van der Waals surface area contributed by atoms with Crippen molar-refractivity contribution >= 4 is 11.9 Å². The molecule has 0 aliphatic carbocycles. The number of amides is 1. The first-order chi connectivity index (χ1) is 10.5. The van der Waals surface area contributed by atoms with Crippen LogP contribution in [0, 0.1) is 12.7 Å². The van der Waals surface area contributed by atoms with E-state index in [0.29, 0.717) is 5.56 Å². The second-order valence-electron chi connectivity index (χ2n) is 4.67. The molecular formula is C14H12FN5O2. The Labute approximate surface area is 124 Å². The molecule has 0 fully saturated rings. The highest BCUT2D eigenvalue weighted by molar-refractivity contribution is 6.01. The Morgan fingerprint density at radius 1 is 1.27 bits per heavy atom. The third-order valence-electron chi connectivity index (χ3n) is 3.08. The van der Waals surface area contributed by atoms with Gasteiger partial charge < -0.3 is 4.42 Å². The molecule has 0 bridgehead atoms. The van der Waals surface area contributed by atoms with Crippen molar-refractivity contribution in [3.05, 3.63) is 47.5 Å². The van der Waals surface area contributed by atoms with Gasteiger partial charge in [0.1, 0.15) is 5.82 Å². The molecule has 0 spiro atoms. The molecule has 3 aromatic rings. The maximum Gasteiger partial charge on any atom is 0.322 e. The van der Waals surface area contributed by atoms with Gasteiger partial charge in [-0.2, -0.15) is 5.10 Å². The fourth-order valence-electron chi connectivity index (χ4n) is 1.82. The lowest BCUT2D eigenvalue weighted by Gasteiger charge is -1.96. The molecule has 0 unspecified atom stereocenters. The van der Waals surface area contributed by atoms with Gasteiger partial charge in [-0.05, 0) is 37.3 Å². The lowest BCUT2D eigenvalue weighted by atomic mass is 10.2. The van der Waals surface area contributed by atoms with Crippen LogP contribution in [0.25, 0.3) is 11.5 Å². The number of nitrogens with one attached hydrogen (secondary N) is 1. The van der Waals surface area contributed by atoms with Crippen molar-refractivity contribution in [3.63, 3.8) is 0 Å². The van der Waals surface area contributed by atoms with Crippen LogP contribution in [-0.2, 0) is 7.05 Å². The van der Waals surface area contributed by atoms with E-state index >= 15 is 0 Å². The van der Waals surface area contributed by atoms with Crippen LogP contribution in [-0.4, -0.2) is 25.9 Å². The van der Waals surface area contributed by atoms with E-state index in [-0.39, 0.29) is 23.4 Å². The second kappa shape index (κ2) is 5.40. The summed E-state index contributed by atoms with van der Waals surface area (Å²) < 4.78 is 19.8. The van der Waals surface area contributed by atoms with Crippen LogP contribution in [0.5, 0.6) is 0 Å². The van der Waals surface area contributed by atoms with Crippen molar-refractivity contribution in [3.8, 4) is 11.5 Å². The number of carbonyl (C=O) groups excluding carboxylic acids is 1. The van der Waals surface area contributed by atoms with E-state index in [2.05, 4.69) is 20.6 Å². The zero-order valence-corrected chi connectivity index (χ0v) is 11.9. The molecule has 3 rings (SSSR count). The van der Waals surface area contributed by atoms with Gasteiger partial charge in [-0.15, -0.1) is 5.10 Å². The summed E-state index contributed by atoms with van der Waals surface area (Å²) >= 11 is 0. The fourth-order valence-corrected chi connectivity index (χ4v) is 1.82. The third-order valence-corrected chi connectivity index (χ3v) is 3.08. The molecule has 0 aliphatic heterocycles. The Balaban J connectivity index is 1.76. The minimum atomic E-state index is -0.446. The highest BCUT2D eigenvalue weighted by Gasteiger charge is 2.15. The van der Waals surface area contributed by atoms with Gasteiger partial charge in [0.05, 0.1) is 0 Å². The molecule has 1 amide bonds. The topological polar surface area (TPSA) is 85.8 Å². The number of carbonyl (C=O) groups is 1. The highest BCUT2D eigenvalue weighted by Crippen LogP contribution is 2.20. The summed E-state index contributed by atoms with van der Waals surface area (Å²) in [5.74, 6) is -0.618. The van der Waals surface area contributed by atoms with Crippen LogP contribution in [0.15, 0.2) is 34.7 Å². The Morgan fingerprint density at radius 3 is 2.64 bits per heavy atom. The van der Waals surface area contributed by atoms with E-state index < -0.39 is 5.91 Å². The largest absolute Gasteiger partial charge is 0.403 e. The maximum atomic E-state index is 12.9. The van der Waals surface area contributed by atoms with Gasteiger partial charge in [-0.1, -0.05) is 5.10 Å². The van der Waals surface area contributed by atoms with Crippen LogP contribution in [0.3, 0.4) is 0 Å². The number of aromatic nitrogens is 4. The normalized spacial score (nSPS) is 10.7. The molecule has 1 aromatic carbocycles. The number of halogens is 1. The molecule has 0 atom stereocenters. The molecule has 8 heteroatoms. The number of anilines is 1. The molecular weight excluding hydrogens is 289 g/mol. The molecule has 2 heterocycles. The van der Waals surface area contributed by atoms with E-state index in [1.807, 2.05) is 6.92 Å². The minimum Gasteiger partial charge on any atom is -0.403 e. The standard InChI is InChI=1S/C14H12FN5O2/c1-8-7-11(19-20(8)2)12(21)16-14-18-17-13(22-14)9-3-5-10(15)6-4-9/h3-7H,1-2H3,(H,16,18,21). The van der Waals surface area contributed by atoms with Crippen molar-refractivity contribution in [2.75, 3.05) is 5.32 Å². The van der Waals surface area contributed by atoms with Crippen LogP contribution >= 0.6 is 0 Å². The lowest BCUT2D eigenvalue weighted by molar-refractivity contribution is 0.101. The van der Waals surface area contributed by atoms with Gasteiger partial charge >= 0.3 is 6.01 Å². The zero-order valence-electron chi connectivity index (χ0n) is 11.9. The van der Waals surface area contributed by atoms with Crippen LogP contribution in [0.2, 0.25) is 0 Å². The van der Waals surface area contributed by atoms with Crippen LogP contribution in [0.4, 0.5) is 10.4 Å². The number of hydrogen-bond donors (Lipinski definition) is 1. The highest BCUT2D eigenvalue weighted by atomic mass is 19.1. The molecule has 22 heavy (non-hydrogen) atoms. The van der Waals surface area contributed by atoms with E-state index in [4.69, 9.17) is 4.42 Å². The van der Waals surface area contributed by atoms with Gasteiger partial charge in [0.2, 0.25) is 5.89 Å². The van der Waals surface area contributed by atoms with Crippen molar-refractivity contribution in [1.29, 1.82) is 0 Å². The van der Waals surface area contributed by atoms with Crippen molar-refractivity contribution in [1.82, 2.24) is 20.0 Å². The van der Waals surface area contributed by atoms with Gasteiger partial charge in [-0.3, -0.25) is 14.8 Å². The number of hydrogen-bond acceptors (Lipinski definition) is 5. The zero-order chi connectivity index (χ0) is 15.7. The number of rotatable bonds is 3. The molecule has 0 aliphatic rings. The fraction of sp³-hybridized carbons (Fsp3) is 0.143. The molecule has 2 aromatic heterocycles. The van der Waals surface area contributed by atoms with E-state index in [9.17, 15) is 9.18 Å². The van der Waals surface area contributed by atoms with E-state index in [1.165, 1.54) is 24.3 Å². The number of aryl methyl sites for hydroxylation is 2. The van der Waals surface area contributed by atoms with Gasteiger partial charge in [0, 0.05) is 18.3 Å². The molecule has 0 radical (unpaired) electrons. The lowest BCUT2D eigenvalue weighted by Crippen LogP contribution is -2.13. The summed E-state index contributed by atoms with van der Waals surface area (Å²) in [6.45, 7) is 1.84.